The number of methoxy groups -OCH3 is 1. The summed E-state index contributed by atoms with van der Waals surface area (Å²) in [5, 5.41) is 0.599. The van der Waals surface area contributed by atoms with E-state index in [1.54, 1.807) is 25.3 Å². The fraction of sp³-hybridized carbons (Fsp3) is 0.533. The highest BCUT2D eigenvalue weighted by molar-refractivity contribution is 6.30. The standard InChI is InChI=1S/C15H20ClNO3/c1-19-13-3-2-12(16)8-11(13)9-14(18)15(10-17)4-6-20-7-5-15/h2-3,8H,4-7,9-10,17H2,1H3. The van der Waals surface area contributed by atoms with Crippen LogP contribution in [0.1, 0.15) is 18.4 Å². The van der Waals surface area contributed by atoms with Crippen LogP contribution in [0.2, 0.25) is 5.02 Å². The Bertz CT molecular complexity index is 484. The smallest absolute Gasteiger partial charge is 0.144 e. The number of benzene rings is 1. The number of Topliss-reactive ketones (excluding diaryl/α,β-unsaturated/α-hetero) is 1. The molecule has 0 saturated carbocycles. The van der Waals surface area contributed by atoms with Crippen molar-refractivity contribution in [3.8, 4) is 5.75 Å². The van der Waals surface area contributed by atoms with Gasteiger partial charge >= 0.3 is 0 Å². The Kier molecular flexibility index (Phi) is 5.02. The van der Waals surface area contributed by atoms with Crippen molar-refractivity contribution in [3.63, 3.8) is 0 Å². The average molecular weight is 298 g/mol. The second-order valence-electron chi connectivity index (χ2n) is 5.15. The number of carbonyl (C=O) groups excluding carboxylic acids is 1. The molecule has 0 unspecified atom stereocenters. The minimum atomic E-state index is -0.467. The second-order valence-corrected chi connectivity index (χ2v) is 5.59. The van der Waals surface area contributed by atoms with Gasteiger partial charge in [-0.05, 0) is 31.0 Å². The molecule has 1 aliphatic heterocycles. The molecule has 0 atom stereocenters. The Morgan fingerprint density at radius 1 is 1.45 bits per heavy atom. The van der Waals surface area contributed by atoms with Gasteiger partial charge in [-0.2, -0.15) is 0 Å². The van der Waals surface area contributed by atoms with E-state index >= 15 is 0 Å². The number of ether oxygens (including phenoxy) is 2. The van der Waals surface area contributed by atoms with E-state index in [1.807, 2.05) is 0 Å². The fourth-order valence-electron chi connectivity index (χ4n) is 2.60. The molecule has 1 heterocycles. The Balaban J connectivity index is 2.20. The molecule has 110 valence electrons. The largest absolute Gasteiger partial charge is 0.496 e. The van der Waals surface area contributed by atoms with E-state index in [2.05, 4.69) is 0 Å². The third-order valence-corrected chi connectivity index (χ3v) is 4.26. The Labute approximate surface area is 124 Å². The molecule has 1 aromatic rings. The highest BCUT2D eigenvalue weighted by atomic mass is 35.5. The molecule has 0 amide bonds. The van der Waals surface area contributed by atoms with Gasteiger partial charge in [0.25, 0.3) is 0 Å². The van der Waals surface area contributed by atoms with Gasteiger partial charge < -0.3 is 15.2 Å². The van der Waals surface area contributed by atoms with Crippen LogP contribution >= 0.6 is 11.6 Å². The van der Waals surface area contributed by atoms with E-state index in [1.165, 1.54) is 0 Å². The average Bonchev–Trinajstić information content (AvgIpc) is 2.48. The van der Waals surface area contributed by atoms with E-state index in [4.69, 9.17) is 26.8 Å². The molecule has 1 aromatic carbocycles. The fourth-order valence-corrected chi connectivity index (χ4v) is 2.80. The van der Waals surface area contributed by atoms with Crippen LogP contribution in [0.5, 0.6) is 5.75 Å². The first-order valence-corrected chi connectivity index (χ1v) is 7.12. The lowest BCUT2D eigenvalue weighted by Crippen LogP contribution is -2.44. The molecular weight excluding hydrogens is 278 g/mol. The van der Waals surface area contributed by atoms with Crippen LogP contribution in [0, 0.1) is 5.41 Å². The number of ketones is 1. The lowest BCUT2D eigenvalue weighted by molar-refractivity contribution is -0.132. The highest BCUT2D eigenvalue weighted by Gasteiger charge is 2.38. The van der Waals surface area contributed by atoms with Crippen molar-refractivity contribution in [2.45, 2.75) is 19.3 Å². The maximum atomic E-state index is 12.7. The zero-order chi connectivity index (χ0) is 14.6. The summed E-state index contributed by atoms with van der Waals surface area (Å²) in [7, 11) is 1.59. The molecule has 5 heteroatoms. The van der Waals surface area contributed by atoms with Crippen molar-refractivity contribution >= 4 is 17.4 Å². The van der Waals surface area contributed by atoms with Gasteiger partial charge in [-0.15, -0.1) is 0 Å². The van der Waals surface area contributed by atoms with E-state index in [9.17, 15) is 4.79 Å². The van der Waals surface area contributed by atoms with E-state index in [0.717, 1.165) is 5.56 Å². The molecule has 0 aromatic heterocycles. The molecule has 1 aliphatic rings. The molecule has 2 N–H and O–H groups in total. The van der Waals surface area contributed by atoms with Gasteiger partial charge in [0.1, 0.15) is 11.5 Å². The van der Waals surface area contributed by atoms with Crippen LogP contribution in [0.25, 0.3) is 0 Å². The number of carbonyl (C=O) groups is 1. The van der Waals surface area contributed by atoms with Crippen LogP contribution in [0.15, 0.2) is 18.2 Å². The summed E-state index contributed by atoms with van der Waals surface area (Å²) in [5.74, 6) is 0.825. The summed E-state index contributed by atoms with van der Waals surface area (Å²) in [6.07, 6.45) is 1.66. The predicted molar refractivity (Wildman–Crippen MR) is 78.3 cm³/mol. The third kappa shape index (κ3) is 3.14. The maximum absolute atomic E-state index is 12.7. The van der Waals surface area contributed by atoms with Gasteiger partial charge in [0.05, 0.1) is 7.11 Å². The molecular formula is C15H20ClNO3. The quantitative estimate of drug-likeness (QED) is 0.905. The lowest BCUT2D eigenvalue weighted by Gasteiger charge is -2.34. The van der Waals surface area contributed by atoms with E-state index < -0.39 is 5.41 Å². The van der Waals surface area contributed by atoms with Crippen LogP contribution < -0.4 is 10.5 Å². The first kappa shape index (κ1) is 15.3. The molecule has 0 radical (unpaired) electrons. The van der Waals surface area contributed by atoms with Crippen molar-refractivity contribution in [2.75, 3.05) is 26.9 Å². The third-order valence-electron chi connectivity index (χ3n) is 4.03. The van der Waals surface area contributed by atoms with Gasteiger partial charge in [0.2, 0.25) is 0 Å². The first-order valence-electron chi connectivity index (χ1n) is 6.75. The minimum absolute atomic E-state index is 0.142. The predicted octanol–water partition coefficient (Wildman–Crippen LogP) is 2.22. The summed E-state index contributed by atoms with van der Waals surface area (Å²) in [6.45, 7) is 1.54. The topological polar surface area (TPSA) is 61.5 Å². The monoisotopic (exact) mass is 297 g/mol. The minimum Gasteiger partial charge on any atom is -0.496 e. The van der Waals surface area contributed by atoms with E-state index in [-0.39, 0.29) is 5.78 Å². The van der Waals surface area contributed by atoms with Gasteiger partial charge in [0, 0.05) is 42.2 Å². The van der Waals surface area contributed by atoms with Gasteiger partial charge in [-0.3, -0.25) is 4.79 Å². The van der Waals surface area contributed by atoms with E-state index in [0.29, 0.717) is 49.8 Å². The van der Waals surface area contributed by atoms with Crippen LogP contribution in [0.4, 0.5) is 0 Å². The highest BCUT2D eigenvalue weighted by Crippen LogP contribution is 2.33. The first-order chi connectivity index (χ1) is 9.61. The van der Waals surface area contributed by atoms with Crippen molar-refractivity contribution in [3.05, 3.63) is 28.8 Å². The van der Waals surface area contributed by atoms with Crippen molar-refractivity contribution in [1.82, 2.24) is 0 Å². The van der Waals surface area contributed by atoms with Gasteiger partial charge in [-0.25, -0.2) is 0 Å². The number of rotatable bonds is 5. The Morgan fingerprint density at radius 2 is 2.15 bits per heavy atom. The summed E-state index contributed by atoms with van der Waals surface area (Å²) in [4.78, 5) is 12.7. The number of nitrogens with two attached hydrogens (primary N) is 1. The molecule has 0 spiro atoms. The molecule has 0 bridgehead atoms. The summed E-state index contributed by atoms with van der Waals surface area (Å²) < 4.78 is 10.6. The summed E-state index contributed by atoms with van der Waals surface area (Å²) in [5.41, 5.74) is 6.20. The van der Waals surface area contributed by atoms with Crippen LogP contribution in [-0.4, -0.2) is 32.7 Å². The van der Waals surface area contributed by atoms with Crippen molar-refractivity contribution in [2.24, 2.45) is 11.1 Å². The Hall–Kier alpha value is -1.10. The number of halogens is 1. The molecule has 4 nitrogen and oxygen atoms in total. The molecule has 1 saturated heterocycles. The summed E-state index contributed by atoms with van der Waals surface area (Å²) >= 11 is 6.00. The molecule has 0 aliphatic carbocycles. The van der Waals surface area contributed by atoms with Crippen LogP contribution in [-0.2, 0) is 16.0 Å². The maximum Gasteiger partial charge on any atom is 0.144 e. The molecule has 2 rings (SSSR count). The summed E-state index contributed by atoms with van der Waals surface area (Å²) in [6, 6.07) is 5.31. The van der Waals surface area contributed by atoms with Crippen LogP contribution in [0.3, 0.4) is 0 Å². The number of hydrogen-bond donors (Lipinski definition) is 1. The zero-order valence-corrected chi connectivity index (χ0v) is 12.4. The zero-order valence-electron chi connectivity index (χ0n) is 11.7. The Morgan fingerprint density at radius 3 is 2.75 bits per heavy atom. The SMILES string of the molecule is COc1ccc(Cl)cc1CC(=O)C1(CN)CCOCC1. The normalized spacial score (nSPS) is 17.8. The van der Waals surface area contributed by atoms with Gasteiger partial charge in [-0.1, -0.05) is 11.6 Å². The van der Waals surface area contributed by atoms with Crippen molar-refractivity contribution in [1.29, 1.82) is 0 Å². The molecule has 1 fully saturated rings. The van der Waals surface area contributed by atoms with Gasteiger partial charge in [0.15, 0.2) is 0 Å². The second kappa shape index (κ2) is 6.57. The molecule has 20 heavy (non-hydrogen) atoms. The number of hydrogen-bond acceptors (Lipinski definition) is 4. The van der Waals surface area contributed by atoms with Crippen molar-refractivity contribution < 1.29 is 14.3 Å². The lowest BCUT2D eigenvalue weighted by atomic mass is 9.74.